The van der Waals surface area contributed by atoms with Gasteiger partial charge in [-0.3, -0.25) is 13.9 Å². The number of nitrogens with one attached hydrogen (secondary N) is 2. The first-order chi connectivity index (χ1) is 18.8. The monoisotopic (exact) mass is 561 g/mol. The lowest BCUT2D eigenvalue weighted by Crippen LogP contribution is -2.49. The van der Waals surface area contributed by atoms with Gasteiger partial charge in [0.05, 0.1) is 28.4 Å². The normalized spacial score (nSPS) is 14.6. The predicted octanol–water partition coefficient (Wildman–Crippen LogP) is 4.87. The number of ether oxygens (including phenoxy) is 1. The largest absolute Gasteiger partial charge is 0.476 e. The third-order valence-electron chi connectivity index (χ3n) is 6.15. The van der Waals surface area contributed by atoms with Crippen molar-refractivity contribution >= 4 is 44.8 Å². The Morgan fingerprint density at radius 1 is 0.872 bits per heavy atom. The van der Waals surface area contributed by atoms with Crippen LogP contribution >= 0.6 is 11.6 Å². The quantitative estimate of drug-likeness (QED) is 0.335. The standard InChI is InChI=1S/C29H24ClN3O5S/c30-21-14-16-22(17-15-21)39(36,37)33-19-27(38-26-13-7-6-12-25(26)33)29(35)32-24-11-5-4-10-23(24)28(34)31-18-20-8-2-1-3-9-20/h1-17,27H,18-19H2,(H,31,34)(H,32,35)/t27-/m0/s1. The van der Waals surface area contributed by atoms with Gasteiger partial charge < -0.3 is 15.4 Å². The van der Waals surface area contributed by atoms with Crippen molar-refractivity contribution in [2.45, 2.75) is 17.5 Å². The Bertz CT molecular complexity index is 1610. The van der Waals surface area contributed by atoms with E-state index < -0.39 is 22.0 Å². The molecule has 0 aromatic heterocycles. The molecule has 1 atom stereocenters. The first-order valence-electron chi connectivity index (χ1n) is 12.1. The average Bonchev–Trinajstić information content (AvgIpc) is 2.96. The Balaban J connectivity index is 1.37. The van der Waals surface area contributed by atoms with Crippen molar-refractivity contribution in [1.82, 2.24) is 5.32 Å². The van der Waals surface area contributed by atoms with Gasteiger partial charge in [-0.15, -0.1) is 0 Å². The average molecular weight is 562 g/mol. The second-order valence-corrected chi connectivity index (χ2v) is 11.1. The van der Waals surface area contributed by atoms with Crippen LogP contribution in [0.25, 0.3) is 0 Å². The maximum atomic E-state index is 13.6. The Morgan fingerprint density at radius 2 is 1.54 bits per heavy atom. The molecule has 1 heterocycles. The van der Waals surface area contributed by atoms with Crippen molar-refractivity contribution in [3.63, 3.8) is 0 Å². The molecule has 4 aromatic carbocycles. The molecule has 8 nitrogen and oxygen atoms in total. The van der Waals surface area contributed by atoms with Crippen LogP contribution in [0, 0.1) is 0 Å². The van der Waals surface area contributed by atoms with Crippen LogP contribution in [0.15, 0.2) is 108 Å². The Kier molecular flexibility index (Phi) is 7.53. The highest BCUT2D eigenvalue weighted by Crippen LogP contribution is 2.37. The highest BCUT2D eigenvalue weighted by atomic mass is 35.5. The van der Waals surface area contributed by atoms with Crippen LogP contribution < -0.4 is 19.7 Å². The van der Waals surface area contributed by atoms with E-state index in [2.05, 4.69) is 10.6 Å². The van der Waals surface area contributed by atoms with Crippen LogP contribution in [0.5, 0.6) is 5.75 Å². The fraction of sp³-hybridized carbons (Fsp3) is 0.103. The number of anilines is 2. The fourth-order valence-electron chi connectivity index (χ4n) is 4.18. The van der Waals surface area contributed by atoms with Gasteiger partial charge in [-0.2, -0.15) is 0 Å². The van der Waals surface area contributed by atoms with E-state index in [1.165, 1.54) is 24.3 Å². The van der Waals surface area contributed by atoms with Gasteiger partial charge in [-0.1, -0.05) is 66.2 Å². The third-order valence-corrected chi connectivity index (χ3v) is 8.20. The highest BCUT2D eigenvalue weighted by Gasteiger charge is 2.37. The van der Waals surface area contributed by atoms with Gasteiger partial charge in [0, 0.05) is 11.6 Å². The molecule has 5 rings (SSSR count). The summed E-state index contributed by atoms with van der Waals surface area (Å²) in [4.78, 5) is 26.3. The molecule has 1 aliphatic rings. The van der Waals surface area contributed by atoms with Crippen molar-refractivity contribution in [2.75, 3.05) is 16.2 Å². The SMILES string of the molecule is O=C(NCc1ccccc1)c1ccccc1NC(=O)[C@@H]1CN(S(=O)(=O)c2ccc(Cl)cc2)c2ccccc2O1. The molecule has 10 heteroatoms. The van der Waals surface area contributed by atoms with Crippen LogP contribution in [-0.2, 0) is 21.4 Å². The molecule has 0 saturated heterocycles. The molecule has 0 spiro atoms. The van der Waals surface area contributed by atoms with E-state index in [4.69, 9.17) is 16.3 Å². The minimum absolute atomic E-state index is 0.0307. The molecule has 0 fully saturated rings. The maximum Gasteiger partial charge on any atom is 0.267 e. The Hall–Kier alpha value is -4.34. The molecule has 198 valence electrons. The van der Waals surface area contributed by atoms with E-state index in [1.807, 2.05) is 30.3 Å². The zero-order valence-corrected chi connectivity index (χ0v) is 22.2. The number of benzene rings is 4. The molecule has 0 saturated carbocycles. The third kappa shape index (κ3) is 5.74. The molecule has 2 N–H and O–H groups in total. The lowest BCUT2D eigenvalue weighted by atomic mass is 10.1. The summed E-state index contributed by atoms with van der Waals surface area (Å²) in [5.74, 6) is -0.712. The number of carbonyl (C=O) groups excluding carboxylic acids is 2. The van der Waals surface area contributed by atoms with Crippen LogP contribution in [0.4, 0.5) is 11.4 Å². The van der Waals surface area contributed by atoms with Crippen molar-refractivity contribution in [1.29, 1.82) is 0 Å². The second kappa shape index (κ2) is 11.2. The first-order valence-corrected chi connectivity index (χ1v) is 13.9. The molecule has 2 amide bonds. The molecular weight excluding hydrogens is 538 g/mol. The van der Waals surface area contributed by atoms with Gasteiger partial charge in [0.25, 0.3) is 21.8 Å². The number of nitrogens with zero attached hydrogens (tertiary/aromatic N) is 1. The van der Waals surface area contributed by atoms with E-state index >= 15 is 0 Å². The summed E-state index contributed by atoms with van der Waals surface area (Å²) >= 11 is 5.95. The highest BCUT2D eigenvalue weighted by molar-refractivity contribution is 7.92. The molecule has 39 heavy (non-hydrogen) atoms. The predicted molar refractivity (Wildman–Crippen MR) is 150 cm³/mol. The van der Waals surface area contributed by atoms with Crippen LogP contribution in [0.2, 0.25) is 5.02 Å². The van der Waals surface area contributed by atoms with Crippen molar-refractivity contribution < 1.29 is 22.7 Å². The lowest BCUT2D eigenvalue weighted by Gasteiger charge is -2.34. The maximum absolute atomic E-state index is 13.6. The summed E-state index contributed by atoms with van der Waals surface area (Å²) < 4.78 is 34.2. The number of sulfonamides is 1. The lowest BCUT2D eigenvalue weighted by molar-refractivity contribution is -0.122. The van der Waals surface area contributed by atoms with Gasteiger partial charge in [0.15, 0.2) is 6.10 Å². The summed E-state index contributed by atoms with van der Waals surface area (Å²) in [5.41, 5.74) is 1.80. The molecule has 4 aromatic rings. The number of hydrogen-bond acceptors (Lipinski definition) is 5. The van der Waals surface area contributed by atoms with E-state index in [-0.39, 0.29) is 34.3 Å². The van der Waals surface area contributed by atoms with Gasteiger partial charge in [0.1, 0.15) is 5.75 Å². The zero-order valence-electron chi connectivity index (χ0n) is 20.6. The minimum Gasteiger partial charge on any atom is -0.476 e. The summed E-state index contributed by atoms with van der Waals surface area (Å²) in [6.07, 6.45) is -1.18. The van der Waals surface area contributed by atoms with E-state index in [9.17, 15) is 18.0 Å². The topological polar surface area (TPSA) is 105 Å². The minimum atomic E-state index is -4.04. The molecule has 0 bridgehead atoms. The van der Waals surface area contributed by atoms with Crippen LogP contribution in [-0.4, -0.2) is 32.9 Å². The van der Waals surface area contributed by atoms with E-state index in [0.29, 0.717) is 17.3 Å². The first kappa shape index (κ1) is 26.3. The second-order valence-electron chi connectivity index (χ2n) is 8.77. The number of rotatable bonds is 7. The zero-order chi connectivity index (χ0) is 27.4. The van der Waals surface area contributed by atoms with Crippen molar-refractivity contribution in [3.8, 4) is 5.75 Å². The smallest absolute Gasteiger partial charge is 0.267 e. The summed E-state index contributed by atoms with van der Waals surface area (Å²) in [5, 5.41) is 6.00. The Morgan fingerprint density at radius 3 is 2.31 bits per heavy atom. The number of halogens is 1. The van der Waals surface area contributed by atoms with Gasteiger partial charge >= 0.3 is 0 Å². The van der Waals surface area contributed by atoms with Crippen molar-refractivity contribution in [3.05, 3.63) is 119 Å². The number of carbonyl (C=O) groups is 2. The van der Waals surface area contributed by atoms with E-state index in [0.717, 1.165) is 9.87 Å². The van der Waals surface area contributed by atoms with Gasteiger partial charge in [0.2, 0.25) is 0 Å². The molecule has 0 aliphatic carbocycles. The Labute approximate surface area is 231 Å². The fourth-order valence-corrected chi connectivity index (χ4v) is 5.78. The number of amides is 2. The molecule has 0 unspecified atom stereocenters. The number of hydrogen-bond donors (Lipinski definition) is 2. The molecule has 1 aliphatic heterocycles. The van der Waals surface area contributed by atoms with Crippen LogP contribution in [0.3, 0.4) is 0 Å². The van der Waals surface area contributed by atoms with Gasteiger partial charge in [-0.05, 0) is 54.1 Å². The number of para-hydroxylation sites is 3. The van der Waals surface area contributed by atoms with Crippen LogP contribution in [0.1, 0.15) is 15.9 Å². The van der Waals surface area contributed by atoms with Crippen molar-refractivity contribution in [2.24, 2.45) is 0 Å². The van der Waals surface area contributed by atoms with Gasteiger partial charge in [-0.25, -0.2) is 8.42 Å². The summed E-state index contributed by atoms with van der Waals surface area (Å²) in [7, 11) is -4.04. The summed E-state index contributed by atoms with van der Waals surface area (Å²) in [6.45, 7) is 0.0537. The summed E-state index contributed by atoms with van der Waals surface area (Å²) in [6, 6.07) is 28.5. The molecular formula is C29H24ClN3O5S. The molecule has 0 radical (unpaired) electrons. The number of fused-ring (bicyclic) bond motifs is 1. The van der Waals surface area contributed by atoms with E-state index in [1.54, 1.807) is 48.5 Å².